The SMILES string of the molecule is Cc1ccc(O)c(C(=O)N2CCN(S(=O)(=O)c3cc(C)ccc3O)CC2)c1. The maximum Gasteiger partial charge on any atom is 0.257 e. The number of piperazine rings is 1. The number of benzene rings is 2. The van der Waals surface area contributed by atoms with Gasteiger partial charge in [-0.15, -0.1) is 0 Å². The van der Waals surface area contributed by atoms with Gasteiger partial charge in [-0.3, -0.25) is 4.79 Å². The molecular formula is C19H22N2O5S. The molecule has 0 saturated carbocycles. The molecular weight excluding hydrogens is 368 g/mol. The number of aromatic hydroxyl groups is 2. The van der Waals surface area contributed by atoms with Crippen molar-refractivity contribution in [1.82, 2.24) is 9.21 Å². The topological polar surface area (TPSA) is 98.2 Å². The fourth-order valence-electron chi connectivity index (χ4n) is 3.09. The molecule has 1 heterocycles. The van der Waals surface area contributed by atoms with Crippen LogP contribution in [0.15, 0.2) is 41.3 Å². The Morgan fingerprint density at radius 2 is 1.44 bits per heavy atom. The number of carbonyl (C=O) groups excluding carboxylic acids is 1. The number of phenolic OH excluding ortho intramolecular Hbond substituents is 2. The molecule has 0 aliphatic carbocycles. The first kappa shape index (κ1) is 19.2. The van der Waals surface area contributed by atoms with Crippen LogP contribution in [0.5, 0.6) is 11.5 Å². The Labute approximate surface area is 158 Å². The van der Waals surface area contributed by atoms with Crippen LogP contribution >= 0.6 is 0 Å². The second-order valence-corrected chi connectivity index (χ2v) is 8.59. The van der Waals surface area contributed by atoms with Crippen molar-refractivity contribution in [2.75, 3.05) is 26.2 Å². The third-order valence-corrected chi connectivity index (χ3v) is 6.57. The molecule has 0 atom stereocenters. The zero-order chi connectivity index (χ0) is 19.8. The maximum absolute atomic E-state index is 12.8. The maximum atomic E-state index is 12.8. The van der Waals surface area contributed by atoms with Gasteiger partial charge in [0.2, 0.25) is 10.0 Å². The van der Waals surface area contributed by atoms with Gasteiger partial charge in [0.05, 0.1) is 5.56 Å². The van der Waals surface area contributed by atoms with E-state index in [2.05, 4.69) is 0 Å². The number of phenols is 2. The van der Waals surface area contributed by atoms with Crippen molar-refractivity contribution in [3.8, 4) is 11.5 Å². The quantitative estimate of drug-likeness (QED) is 0.834. The van der Waals surface area contributed by atoms with Crippen LogP contribution in [0.3, 0.4) is 0 Å². The standard InChI is InChI=1S/C19H22N2O5S/c1-13-3-5-16(22)15(11-13)19(24)20-7-9-21(10-8-20)27(25,26)18-12-14(2)4-6-17(18)23/h3-6,11-12,22-23H,7-10H2,1-2H3. The molecule has 1 aliphatic rings. The summed E-state index contributed by atoms with van der Waals surface area (Å²) in [5.74, 6) is -0.708. The monoisotopic (exact) mass is 390 g/mol. The van der Waals surface area contributed by atoms with E-state index in [0.717, 1.165) is 11.1 Å². The van der Waals surface area contributed by atoms with Gasteiger partial charge in [-0.05, 0) is 43.7 Å². The number of sulfonamides is 1. The number of aryl methyl sites for hydroxylation is 2. The minimum absolute atomic E-state index is 0.0923. The number of nitrogens with zero attached hydrogens (tertiary/aromatic N) is 2. The van der Waals surface area contributed by atoms with E-state index >= 15 is 0 Å². The van der Waals surface area contributed by atoms with Crippen molar-refractivity contribution >= 4 is 15.9 Å². The predicted molar refractivity (Wildman–Crippen MR) is 100 cm³/mol. The first-order chi connectivity index (χ1) is 12.7. The lowest BCUT2D eigenvalue weighted by Crippen LogP contribution is -2.50. The lowest BCUT2D eigenvalue weighted by atomic mass is 10.1. The summed E-state index contributed by atoms with van der Waals surface area (Å²) in [7, 11) is -3.85. The van der Waals surface area contributed by atoms with E-state index in [1.54, 1.807) is 25.1 Å². The molecule has 27 heavy (non-hydrogen) atoms. The van der Waals surface area contributed by atoms with Crippen LogP contribution in [-0.2, 0) is 10.0 Å². The molecule has 8 heteroatoms. The van der Waals surface area contributed by atoms with Gasteiger partial charge in [0.1, 0.15) is 16.4 Å². The molecule has 0 radical (unpaired) electrons. The molecule has 0 unspecified atom stereocenters. The van der Waals surface area contributed by atoms with E-state index in [0.29, 0.717) is 0 Å². The smallest absolute Gasteiger partial charge is 0.257 e. The Kier molecular flexibility index (Phi) is 5.12. The third-order valence-electron chi connectivity index (χ3n) is 4.64. The van der Waals surface area contributed by atoms with Crippen LogP contribution in [0.2, 0.25) is 0 Å². The highest BCUT2D eigenvalue weighted by molar-refractivity contribution is 7.89. The molecule has 1 fully saturated rings. The fourth-order valence-corrected chi connectivity index (χ4v) is 4.68. The number of amides is 1. The number of hydrogen-bond acceptors (Lipinski definition) is 5. The Bertz CT molecular complexity index is 980. The average Bonchev–Trinajstić information content (AvgIpc) is 2.65. The van der Waals surface area contributed by atoms with E-state index < -0.39 is 10.0 Å². The van der Waals surface area contributed by atoms with Crippen molar-refractivity contribution < 1.29 is 23.4 Å². The molecule has 1 aliphatic heterocycles. The summed E-state index contributed by atoms with van der Waals surface area (Å²) in [5, 5.41) is 19.9. The van der Waals surface area contributed by atoms with Crippen LogP contribution in [0, 0.1) is 13.8 Å². The summed E-state index contributed by atoms with van der Waals surface area (Å²) in [6, 6.07) is 9.25. The van der Waals surface area contributed by atoms with E-state index in [9.17, 15) is 23.4 Å². The van der Waals surface area contributed by atoms with E-state index in [1.807, 2.05) is 6.92 Å². The number of hydrogen-bond donors (Lipinski definition) is 2. The second kappa shape index (κ2) is 7.21. The molecule has 0 bridgehead atoms. The predicted octanol–water partition coefficient (Wildman–Crippen LogP) is 1.86. The molecule has 2 aromatic rings. The summed E-state index contributed by atoms with van der Waals surface area (Å²) in [6.45, 7) is 4.23. The highest BCUT2D eigenvalue weighted by Crippen LogP contribution is 2.28. The van der Waals surface area contributed by atoms with E-state index in [1.165, 1.54) is 27.4 Å². The minimum atomic E-state index is -3.85. The molecule has 2 N–H and O–H groups in total. The van der Waals surface area contributed by atoms with E-state index in [4.69, 9.17) is 0 Å². The summed E-state index contributed by atoms with van der Waals surface area (Å²) in [5.41, 5.74) is 1.80. The third kappa shape index (κ3) is 3.77. The summed E-state index contributed by atoms with van der Waals surface area (Å²) < 4.78 is 26.9. The summed E-state index contributed by atoms with van der Waals surface area (Å²) in [4.78, 5) is 14.1. The Balaban J connectivity index is 1.76. The number of carbonyl (C=O) groups is 1. The van der Waals surface area contributed by atoms with Crippen LogP contribution in [-0.4, -0.2) is 59.9 Å². The molecule has 7 nitrogen and oxygen atoms in total. The average molecular weight is 390 g/mol. The molecule has 1 saturated heterocycles. The molecule has 0 aromatic heterocycles. The van der Waals surface area contributed by atoms with Gasteiger partial charge in [0.25, 0.3) is 5.91 Å². The molecule has 3 rings (SSSR count). The van der Waals surface area contributed by atoms with Crippen molar-refractivity contribution in [1.29, 1.82) is 0 Å². The zero-order valence-corrected chi connectivity index (χ0v) is 16.0. The Hall–Kier alpha value is -2.58. The minimum Gasteiger partial charge on any atom is -0.507 e. The first-order valence-electron chi connectivity index (χ1n) is 8.59. The van der Waals surface area contributed by atoms with Gasteiger partial charge in [-0.1, -0.05) is 17.7 Å². The van der Waals surface area contributed by atoms with Crippen molar-refractivity contribution in [2.45, 2.75) is 18.7 Å². The van der Waals surface area contributed by atoms with Gasteiger partial charge in [0.15, 0.2) is 0 Å². The lowest BCUT2D eigenvalue weighted by Gasteiger charge is -2.34. The van der Waals surface area contributed by atoms with Crippen molar-refractivity contribution in [3.63, 3.8) is 0 Å². The lowest BCUT2D eigenvalue weighted by molar-refractivity contribution is 0.0694. The van der Waals surface area contributed by atoms with Gasteiger partial charge >= 0.3 is 0 Å². The normalized spacial score (nSPS) is 15.7. The fraction of sp³-hybridized carbons (Fsp3) is 0.316. The molecule has 144 valence electrons. The van der Waals surface area contributed by atoms with Crippen LogP contribution in [0.4, 0.5) is 0 Å². The Morgan fingerprint density at radius 3 is 2.07 bits per heavy atom. The van der Waals surface area contributed by atoms with Crippen molar-refractivity contribution in [2.24, 2.45) is 0 Å². The summed E-state index contributed by atoms with van der Waals surface area (Å²) in [6.07, 6.45) is 0. The highest BCUT2D eigenvalue weighted by Gasteiger charge is 2.32. The van der Waals surface area contributed by atoms with Crippen molar-refractivity contribution in [3.05, 3.63) is 53.1 Å². The first-order valence-corrected chi connectivity index (χ1v) is 10.0. The molecule has 0 spiro atoms. The van der Waals surface area contributed by atoms with E-state index in [-0.39, 0.29) is 54.0 Å². The highest BCUT2D eigenvalue weighted by atomic mass is 32.2. The van der Waals surface area contributed by atoms with Crippen LogP contribution < -0.4 is 0 Å². The summed E-state index contributed by atoms with van der Waals surface area (Å²) >= 11 is 0. The largest absolute Gasteiger partial charge is 0.507 e. The van der Waals surface area contributed by atoms with Crippen LogP contribution in [0.25, 0.3) is 0 Å². The van der Waals surface area contributed by atoms with Gasteiger partial charge < -0.3 is 15.1 Å². The van der Waals surface area contributed by atoms with Gasteiger partial charge in [-0.2, -0.15) is 4.31 Å². The number of rotatable bonds is 3. The molecule has 2 aromatic carbocycles. The zero-order valence-electron chi connectivity index (χ0n) is 15.2. The van der Waals surface area contributed by atoms with Gasteiger partial charge in [-0.25, -0.2) is 8.42 Å². The van der Waals surface area contributed by atoms with Gasteiger partial charge in [0, 0.05) is 26.2 Å². The second-order valence-electron chi connectivity index (χ2n) is 6.69. The Morgan fingerprint density at radius 1 is 0.889 bits per heavy atom. The van der Waals surface area contributed by atoms with Crippen LogP contribution in [0.1, 0.15) is 21.5 Å². The molecule has 1 amide bonds.